The summed E-state index contributed by atoms with van der Waals surface area (Å²) >= 11 is 1.80. The molecule has 3 heterocycles. The van der Waals surface area contributed by atoms with Crippen molar-refractivity contribution in [1.82, 2.24) is 9.47 Å². The molecular formula is C34H25N3OS. The molecule has 39 heavy (non-hydrogen) atoms. The monoisotopic (exact) mass is 523 g/mol. The second-order valence-corrected chi connectivity index (χ2v) is 11.2. The van der Waals surface area contributed by atoms with Crippen molar-refractivity contribution in [1.29, 1.82) is 0 Å². The third-order valence-corrected chi connectivity index (χ3v) is 8.50. The van der Waals surface area contributed by atoms with Gasteiger partial charge in [0.1, 0.15) is 11.2 Å². The lowest BCUT2D eigenvalue weighted by Gasteiger charge is -2.18. The molecule has 0 N–H and O–H groups in total. The molecule has 0 unspecified atom stereocenters. The molecule has 0 radical (unpaired) electrons. The molecule has 0 bridgehead atoms. The van der Waals surface area contributed by atoms with Crippen LogP contribution in [0.5, 0.6) is 0 Å². The zero-order valence-corrected chi connectivity index (χ0v) is 22.2. The predicted molar refractivity (Wildman–Crippen MR) is 163 cm³/mol. The highest BCUT2D eigenvalue weighted by Crippen LogP contribution is 2.42. The zero-order chi connectivity index (χ0) is 25.9. The third-order valence-electron chi connectivity index (χ3n) is 7.52. The van der Waals surface area contributed by atoms with Crippen LogP contribution in [0.4, 0.5) is 5.69 Å². The van der Waals surface area contributed by atoms with Gasteiger partial charge >= 0.3 is 0 Å². The topological polar surface area (TPSA) is 24.6 Å². The standard InChI is InChI=1S/C34H25N3OS/c1-35-18-19-36(22-35)24-10-7-11-25(20-24)39-26-14-15-27-28-16-17-32-33(29-12-5-6-13-31(29)38-32)34(28)37(30(27)21-26)23-8-3-2-4-9-23/h2-21H,22H2,1H3. The first kappa shape index (κ1) is 22.4. The molecule has 7 aromatic rings. The van der Waals surface area contributed by atoms with E-state index in [-0.39, 0.29) is 0 Å². The molecule has 0 amide bonds. The number of hydrogen-bond acceptors (Lipinski definition) is 4. The Hall–Kier alpha value is -4.61. The molecule has 0 aliphatic carbocycles. The molecule has 4 nitrogen and oxygen atoms in total. The minimum atomic E-state index is 0.869. The van der Waals surface area contributed by atoms with E-state index >= 15 is 0 Å². The van der Waals surface area contributed by atoms with Crippen LogP contribution in [0.1, 0.15) is 0 Å². The number of nitrogens with zero attached hydrogens (tertiary/aromatic N) is 3. The summed E-state index contributed by atoms with van der Waals surface area (Å²) in [6.45, 7) is 0.869. The van der Waals surface area contributed by atoms with Crippen molar-refractivity contribution < 1.29 is 4.42 Å². The quantitative estimate of drug-likeness (QED) is 0.230. The van der Waals surface area contributed by atoms with Crippen LogP contribution in [0.2, 0.25) is 0 Å². The molecule has 0 fully saturated rings. The van der Waals surface area contributed by atoms with Crippen LogP contribution in [0.3, 0.4) is 0 Å². The fourth-order valence-corrected chi connectivity index (χ4v) is 6.67. The first-order valence-electron chi connectivity index (χ1n) is 13.1. The van der Waals surface area contributed by atoms with E-state index in [4.69, 9.17) is 4.42 Å². The van der Waals surface area contributed by atoms with Gasteiger partial charge in [0.2, 0.25) is 0 Å². The molecule has 8 rings (SSSR count). The van der Waals surface area contributed by atoms with Gasteiger partial charge < -0.3 is 18.8 Å². The van der Waals surface area contributed by atoms with E-state index in [1.807, 2.05) is 6.07 Å². The molecule has 188 valence electrons. The fourth-order valence-electron chi connectivity index (χ4n) is 5.76. The van der Waals surface area contributed by atoms with Gasteiger partial charge in [-0.25, -0.2) is 0 Å². The molecule has 0 atom stereocenters. The number of anilines is 1. The summed E-state index contributed by atoms with van der Waals surface area (Å²) in [5.41, 5.74) is 6.56. The molecule has 1 aliphatic rings. The van der Waals surface area contributed by atoms with E-state index in [1.165, 1.54) is 37.3 Å². The molecule has 0 spiro atoms. The van der Waals surface area contributed by atoms with Crippen molar-refractivity contribution in [2.45, 2.75) is 9.79 Å². The summed E-state index contributed by atoms with van der Waals surface area (Å²) in [7, 11) is 2.09. The molecule has 0 saturated heterocycles. The Morgan fingerprint density at radius 2 is 1.44 bits per heavy atom. The fraction of sp³-hybridized carbons (Fsp3) is 0.0588. The van der Waals surface area contributed by atoms with Gasteiger partial charge in [0.25, 0.3) is 0 Å². The summed E-state index contributed by atoms with van der Waals surface area (Å²) in [5, 5.41) is 4.78. The number of rotatable bonds is 4. The summed E-state index contributed by atoms with van der Waals surface area (Å²) in [6.07, 6.45) is 4.24. The summed E-state index contributed by atoms with van der Waals surface area (Å²) < 4.78 is 8.68. The summed E-state index contributed by atoms with van der Waals surface area (Å²) in [5.74, 6) is 0. The van der Waals surface area contributed by atoms with Gasteiger partial charge in [-0.1, -0.05) is 60.3 Å². The molecule has 5 aromatic carbocycles. The molecule has 1 aliphatic heterocycles. The second-order valence-electron chi connectivity index (χ2n) is 10.0. The second kappa shape index (κ2) is 8.72. The maximum Gasteiger partial charge on any atom is 0.137 e. The Bertz CT molecular complexity index is 2050. The molecular weight excluding hydrogens is 498 g/mol. The van der Waals surface area contributed by atoms with Gasteiger partial charge in [-0.15, -0.1) is 0 Å². The number of benzene rings is 5. The minimum absolute atomic E-state index is 0.869. The van der Waals surface area contributed by atoms with Crippen LogP contribution in [0.25, 0.3) is 49.4 Å². The molecule has 0 saturated carbocycles. The lowest BCUT2D eigenvalue weighted by molar-refractivity contribution is 0.495. The minimum Gasteiger partial charge on any atom is -0.456 e. The number of aromatic nitrogens is 1. The van der Waals surface area contributed by atoms with Crippen LogP contribution in [-0.4, -0.2) is 23.2 Å². The summed E-state index contributed by atoms with van der Waals surface area (Å²) in [4.78, 5) is 6.87. The number of fused-ring (bicyclic) bond motifs is 7. The lowest BCUT2D eigenvalue weighted by atomic mass is 10.1. The number of hydrogen-bond donors (Lipinski definition) is 0. The maximum absolute atomic E-state index is 6.28. The summed E-state index contributed by atoms with van der Waals surface area (Å²) in [6, 6.07) is 38.9. The van der Waals surface area contributed by atoms with Crippen molar-refractivity contribution in [3.63, 3.8) is 0 Å². The van der Waals surface area contributed by atoms with Gasteiger partial charge in [0.05, 0.1) is 23.1 Å². The Kier molecular flexibility index (Phi) is 5.00. The zero-order valence-electron chi connectivity index (χ0n) is 21.4. The Morgan fingerprint density at radius 3 is 2.31 bits per heavy atom. The van der Waals surface area contributed by atoms with Crippen molar-refractivity contribution in [2.75, 3.05) is 18.6 Å². The van der Waals surface area contributed by atoms with Gasteiger partial charge in [-0.3, -0.25) is 0 Å². The van der Waals surface area contributed by atoms with Gasteiger partial charge in [0.15, 0.2) is 0 Å². The van der Waals surface area contributed by atoms with E-state index in [2.05, 4.69) is 137 Å². The highest BCUT2D eigenvalue weighted by Gasteiger charge is 2.19. The van der Waals surface area contributed by atoms with E-state index in [0.29, 0.717) is 0 Å². The largest absolute Gasteiger partial charge is 0.456 e. The first-order chi connectivity index (χ1) is 19.2. The van der Waals surface area contributed by atoms with Crippen LogP contribution in [-0.2, 0) is 0 Å². The first-order valence-corrected chi connectivity index (χ1v) is 13.9. The Morgan fingerprint density at radius 1 is 0.641 bits per heavy atom. The average molecular weight is 524 g/mol. The smallest absolute Gasteiger partial charge is 0.137 e. The number of para-hydroxylation sites is 2. The Labute approximate surface area is 230 Å². The SMILES string of the molecule is CN1C=CN(c2cccc(Sc3ccc4c5ccc6oc7ccccc7c6c5n(-c5ccccc5)c4c3)c2)C1. The number of furan rings is 1. The average Bonchev–Trinajstić information content (AvgIpc) is 3.66. The van der Waals surface area contributed by atoms with Gasteiger partial charge in [0, 0.05) is 56.8 Å². The third kappa shape index (κ3) is 3.62. The van der Waals surface area contributed by atoms with Crippen molar-refractivity contribution in [3.05, 3.63) is 122 Å². The van der Waals surface area contributed by atoms with Crippen LogP contribution in [0.15, 0.2) is 136 Å². The van der Waals surface area contributed by atoms with E-state index in [9.17, 15) is 0 Å². The Balaban J connectivity index is 1.33. The molecule has 2 aromatic heterocycles. The van der Waals surface area contributed by atoms with Gasteiger partial charge in [-0.05, 0) is 60.7 Å². The van der Waals surface area contributed by atoms with Crippen LogP contribution < -0.4 is 4.90 Å². The van der Waals surface area contributed by atoms with Crippen molar-refractivity contribution in [2.24, 2.45) is 0 Å². The lowest BCUT2D eigenvalue weighted by Crippen LogP contribution is -2.21. The van der Waals surface area contributed by atoms with Crippen LogP contribution in [0, 0.1) is 0 Å². The van der Waals surface area contributed by atoms with E-state index < -0.39 is 0 Å². The van der Waals surface area contributed by atoms with Crippen molar-refractivity contribution in [3.8, 4) is 5.69 Å². The molecule has 5 heteroatoms. The maximum atomic E-state index is 6.28. The van der Waals surface area contributed by atoms with Gasteiger partial charge in [-0.2, -0.15) is 0 Å². The normalized spacial score (nSPS) is 13.6. The van der Waals surface area contributed by atoms with Crippen LogP contribution >= 0.6 is 11.8 Å². The predicted octanol–water partition coefficient (Wildman–Crippen LogP) is 9.01. The van der Waals surface area contributed by atoms with Crippen molar-refractivity contribution >= 4 is 61.2 Å². The van der Waals surface area contributed by atoms with E-state index in [0.717, 1.165) is 34.3 Å². The van der Waals surface area contributed by atoms with E-state index in [1.54, 1.807) is 11.8 Å². The highest BCUT2D eigenvalue weighted by atomic mass is 32.2. The highest BCUT2D eigenvalue weighted by molar-refractivity contribution is 7.99.